The van der Waals surface area contributed by atoms with Crippen LogP contribution in [-0.2, 0) is 14.3 Å². The average molecular weight is 242 g/mol. The maximum atomic E-state index is 11.4. The first-order chi connectivity index (χ1) is 7.27. The van der Waals surface area contributed by atoms with Gasteiger partial charge in [0.25, 0.3) is 0 Å². The van der Waals surface area contributed by atoms with Crippen molar-refractivity contribution in [3.8, 4) is 0 Å². The summed E-state index contributed by atoms with van der Waals surface area (Å²) in [6, 6.07) is 0. The molecule has 0 rings (SSSR count). The highest BCUT2D eigenvalue weighted by Crippen LogP contribution is 2.20. The number of rotatable bonds is 6. The Balaban J connectivity index is 4.67. The molecular formula is C12H22O3Si. The van der Waals surface area contributed by atoms with Gasteiger partial charge in [-0.2, -0.15) is 0 Å². The van der Waals surface area contributed by atoms with E-state index in [1.54, 1.807) is 19.9 Å². The van der Waals surface area contributed by atoms with Crippen LogP contribution in [-0.4, -0.2) is 26.4 Å². The first-order valence-electron chi connectivity index (χ1n) is 5.64. The minimum absolute atomic E-state index is 0.160. The second kappa shape index (κ2) is 6.63. The van der Waals surface area contributed by atoms with Gasteiger partial charge >= 0.3 is 5.97 Å². The summed E-state index contributed by atoms with van der Waals surface area (Å²) in [5.41, 5.74) is 0. The summed E-state index contributed by atoms with van der Waals surface area (Å²) < 4.78 is 4.90. The van der Waals surface area contributed by atoms with Crippen molar-refractivity contribution < 1.29 is 14.3 Å². The number of hydrogen-bond donors (Lipinski definition) is 0. The molecule has 0 aliphatic heterocycles. The minimum atomic E-state index is -1.54. The van der Waals surface area contributed by atoms with Gasteiger partial charge < -0.3 is 9.53 Å². The van der Waals surface area contributed by atoms with E-state index in [9.17, 15) is 9.59 Å². The quantitative estimate of drug-likeness (QED) is 0.408. The van der Waals surface area contributed by atoms with E-state index in [1.807, 2.05) is 0 Å². The van der Waals surface area contributed by atoms with E-state index in [0.717, 1.165) is 5.20 Å². The molecule has 0 saturated carbocycles. The number of allylic oxidation sites excluding steroid dienone is 1. The largest absolute Gasteiger partial charge is 0.463 e. The lowest BCUT2D eigenvalue weighted by molar-refractivity contribution is -0.137. The zero-order valence-corrected chi connectivity index (χ0v) is 11.9. The first-order valence-corrected chi connectivity index (χ1v) is 9.14. The molecule has 0 heterocycles. The molecule has 0 unspecified atom stereocenters. The van der Waals surface area contributed by atoms with Gasteiger partial charge in [0.2, 0.25) is 0 Å². The second-order valence-corrected chi connectivity index (χ2v) is 10.0. The molecule has 0 atom stereocenters. The Morgan fingerprint density at radius 2 is 1.75 bits per heavy atom. The van der Waals surface area contributed by atoms with Crippen LogP contribution in [0.4, 0.5) is 0 Å². The number of Topliss-reactive ketones (excluding diaryl/α,β-unsaturated/α-hetero) is 1. The molecule has 0 N–H and O–H groups in total. The topological polar surface area (TPSA) is 43.4 Å². The molecule has 92 valence electrons. The monoisotopic (exact) mass is 242 g/mol. The van der Waals surface area contributed by atoms with Crippen molar-refractivity contribution in [3.63, 3.8) is 0 Å². The zero-order chi connectivity index (χ0) is 12.8. The van der Waals surface area contributed by atoms with E-state index < -0.39 is 8.07 Å². The van der Waals surface area contributed by atoms with Crippen LogP contribution in [0, 0.1) is 0 Å². The fourth-order valence-corrected chi connectivity index (χ4v) is 2.73. The van der Waals surface area contributed by atoms with Gasteiger partial charge in [-0.1, -0.05) is 24.8 Å². The molecule has 0 aromatic carbocycles. The van der Waals surface area contributed by atoms with E-state index in [-0.39, 0.29) is 11.8 Å². The number of carbonyl (C=O) groups is 2. The Morgan fingerprint density at radius 3 is 2.12 bits per heavy atom. The predicted molar refractivity (Wildman–Crippen MR) is 68.0 cm³/mol. The molecule has 0 bridgehead atoms. The lowest BCUT2D eigenvalue weighted by Gasteiger charge is -2.20. The zero-order valence-electron chi connectivity index (χ0n) is 10.9. The highest BCUT2D eigenvalue weighted by molar-refractivity contribution is 6.83. The molecule has 0 saturated heterocycles. The SMILES string of the molecule is CCOC(=O)/C=C(/CCC(C)=O)[Si](C)(C)C. The Bertz CT molecular complexity index is 287. The number of ketones is 1. The van der Waals surface area contributed by atoms with Gasteiger partial charge in [-0.3, -0.25) is 0 Å². The van der Waals surface area contributed by atoms with Gasteiger partial charge in [-0.25, -0.2) is 4.79 Å². The lowest BCUT2D eigenvalue weighted by atomic mass is 10.2. The Labute approximate surface area is 98.9 Å². The molecular weight excluding hydrogens is 220 g/mol. The maximum absolute atomic E-state index is 11.4. The molecule has 3 nitrogen and oxygen atoms in total. The third-order valence-corrected chi connectivity index (χ3v) is 4.61. The molecule has 0 fully saturated rings. The van der Waals surface area contributed by atoms with Gasteiger partial charge in [-0.15, -0.1) is 0 Å². The van der Waals surface area contributed by atoms with Crippen LogP contribution in [0.1, 0.15) is 26.7 Å². The molecule has 0 radical (unpaired) electrons. The Kier molecular flexibility index (Phi) is 6.26. The van der Waals surface area contributed by atoms with Gasteiger partial charge in [0.1, 0.15) is 5.78 Å². The van der Waals surface area contributed by atoms with Crippen molar-refractivity contribution in [3.05, 3.63) is 11.3 Å². The smallest absolute Gasteiger partial charge is 0.330 e. The van der Waals surface area contributed by atoms with Crippen LogP contribution in [0.2, 0.25) is 19.6 Å². The standard InChI is InChI=1S/C12H22O3Si/c1-6-15-12(14)9-11(16(3,4)5)8-7-10(2)13/h9H,6-8H2,1-5H3/b11-9-. The van der Waals surface area contributed by atoms with E-state index in [2.05, 4.69) is 19.6 Å². The number of ether oxygens (including phenoxy) is 1. The van der Waals surface area contributed by atoms with Crippen molar-refractivity contribution in [2.75, 3.05) is 6.61 Å². The second-order valence-electron chi connectivity index (χ2n) is 4.87. The minimum Gasteiger partial charge on any atom is -0.463 e. The van der Waals surface area contributed by atoms with Crippen molar-refractivity contribution in [1.29, 1.82) is 0 Å². The molecule has 0 aliphatic rings. The summed E-state index contributed by atoms with van der Waals surface area (Å²) in [5, 5.41) is 1.10. The Hall–Kier alpha value is -0.903. The molecule has 16 heavy (non-hydrogen) atoms. The number of carbonyl (C=O) groups excluding carboxylic acids is 2. The van der Waals surface area contributed by atoms with Crippen molar-refractivity contribution in [1.82, 2.24) is 0 Å². The summed E-state index contributed by atoms with van der Waals surface area (Å²) >= 11 is 0. The molecule has 0 aromatic heterocycles. The van der Waals surface area contributed by atoms with Gasteiger partial charge in [-0.05, 0) is 20.3 Å². The van der Waals surface area contributed by atoms with Crippen molar-refractivity contribution in [2.45, 2.75) is 46.3 Å². The molecule has 0 spiro atoms. The number of esters is 1. The molecule has 0 aromatic rings. The van der Waals surface area contributed by atoms with Gasteiger partial charge in [0, 0.05) is 12.5 Å². The average Bonchev–Trinajstić information content (AvgIpc) is 2.10. The highest BCUT2D eigenvalue weighted by atomic mass is 28.3. The van der Waals surface area contributed by atoms with Crippen molar-refractivity contribution in [2.24, 2.45) is 0 Å². The number of hydrogen-bond acceptors (Lipinski definition) is 3. The highest BCUT2D eigenvalue weighted by Gasteiger charge is 2.20. The molecule has 4 heteroatoms. The molecule has 0 aliphatic carbocycles. The predicted octanol–water partition coefficient (Wildman–Crippen LogP) is 2.72. The summed E-state index contributed by atoms with van der Waals surface area (Å²) in [5.74, 6) is -0.128. The summed E-state index contributed by atoms with van der Waals surface area (Å²) in [4.78, 5) is 22.3. The van der Waals surface area contributed by atoms with Gasteiger partial charge in [0.05, 0.1) is 14.7 Å². The third kappa shape index (κ3) is 6.56. The van der Waals surface area contributed by atoms with Crippen LogP contribution in [0.3, 0.4) is 0 Å². The third-order valence-electron chi connectivity index (χ3n) is 2.29. The van der Waals surface area contributed by atoms with Crippen LogP contribution >= 0.6 is 0 Å². The van der Waals surface area contributed by atoms with E-state index >= 15 is 0 Å². The van der Waals surface area contributed by atoms with E-state index in [1.165, 1.54) is 0 Å². The van der Waals surface area contributed by atoms with Crippen LogP contribution in [0.5, 0.6) is 0 Å². The summed E-state index contributed by atoms with van der Waals surface area (Å²) in [6.45, 7) is 10.2. The molecule has 0 amide bonds. The van der Waals surface area contributed by atoms with Crippen molar-refractivity contribution >= 4 is 19.8 Å². The van der Waals surface area contributed by atoms with Crippen LogP contribution < -0.4 is 0 Å². The Morgan fingerprint density at radius 1 is 1.19 bits per heavy atom. The lowest BCUT2D eigenvalue weighted by Crippen LogP contribution is -2.25. The maximum Gasteiger partial charge on any atom is 0.330 e. The van der Waals surface area contributed by atoms with Crippen LogP contribution in [0.15, 0.2) is 11.3 Å². The fraction of sp³-hybridized carbons (Fsp3) is 0.667. The van der Waals surface area contributed by atoms with E-state index in [4.69, 9.17) is 4.74 Å². The summed E-state index contributed by atoms with van der Waals surface area (Å²) in [6.07, 6.45) is 2.78. The summed E-state index contributed by atoms with van der Waals surface area (Å²) in [7, 11) is -1.54. The normalized spacial score (nSPS) is 12.4. The van der Waals surface area contributed by atoms with Gasteiger partial charge in [0.15, 0.2) is 0 Å². The van der Waals surface area contributed by atoms with E-state index in [0.29, 0.717) is 19.4 Å². The van der Waals surface area contributed by atoms with Crippen LogP contribution in [0.25, 0.3) is 0 Å². The fourth-order valence-electron chi connectivity index (χ4n) is 1.30. The first kappa shape index (κ1) is 15.1.